The van der Waals surface area contributed by atoms with Gasteiger partial charge in [-0.1, -0.05) is 13.8 Å². The SMILES string of the molecule is CC.COC1=CC=C(F)CC1. The number of halogens is 1. The molecule has 0 fully saturated rings. The van der Waals surface area contributed by atoms with Gasteiger partial charge in [0.25, 0.3) is 0 Å². The van der Waals surface area contributed by atoms with E-state index in [0.717, 1.165) is 5.76 Å². The fourth-order valence-corrected chi connectivity index (χ4v) is 0.763. The topological polar surface area (TPSA) is 9.23 Å². The molecule has 11 heavy (non-hydrogen) atoms. The van der Waals surface area contributed by atoms with E-state index in [1.165, 1.54) is 6.08 Å². The van der Waals surface area contributed by atoms with Crippen LogP contribution in [0.15, 0.2) is 23.7 Å². The lowest BCUT2D eigenvalue weighted by Crippen LogP contribution is -1.91. The second-order valence-electron chi connectivity index (χ2n) is 1.95. The predicted molar refractivity (Wildman–Crippen MR) is 44.9 cm³/mol. The smallest absolute Gasteiger partial charge is 0.100 e. The molecule has 1 aliphatic rings. The molecule has 0 amide bonds. The van der Waals surface area contributed by atoms with Crippen molar-refractivity contribution in [3.63, 3.8) is 0 Å². The molecule has 2 heteroatoms. The van der Waals surface area contributed by atoms with Gasteiger partial charge in [-0.2, -0.15) is 0 Å². The largest absolute Gasteiger partial charge is 0.501 e. The Morgan fingerprint density at radius 2 is 1.91 bits per heavy atom. The lowest BCUT2D eigenvalue weighted by molar-refractivity contribution is 0.272. The second kappa shape index (κ2) is 5.96. The highest BCUT2D eigenvalue weighted by Gasteiger charge is 2.03. The predicted octanol–water partition coefficient (Wildman–Crippen LogP) is 3.19. The summed E-state index contributed by atoms with van der Waals surface area (Å²) < 4.78 is 17.1. The molecule has 0 heterocycles. The van der Waals surface area contributed by atoms with Crippen molar-refractivity contribution in [2.75, 3.05) is 7.11 Å². The normalized spacial score (nSPS) is 15.6. The van der Waals surface area contributed by atoms with Crippen LogP contribution in [-0.2, 0) is 4.74 Å². The standard InChI is InChI=1S/C7H9FO.C2H6/c1-9-7-4-2-6(8)3-5-7;1-2/h2,4H,3,5H2,1H3;1-2H3. The summed E-state index contributed by atoms with van der Waals surface area (Å²) in [6.07, 6.45) is 4.29. The lowest BCUT2D eigenvalue weighted by Gasteiger charge is -2.07. The van der Waals surface area contributed by atoms with Crippen molar-refractivity contribution in [3.8, 4) is 0 Å². The maximum atomic E-state index is 12.3. The monoisotopic (exact) mass is 158 g/mol. The summed E-state index contributed by atoms with van der Waals surface area (Å²) in [5.74, 6) is 0.798. The van der Waals surface area contributed by atoms with Gasteiger partial charge in [-0.05, 0) is 12.2 Å². The summed E-state index contributed by atoms with van der Waals surface area (Å²) in [5.41, 5.74) is 0. The van der Waals surface area contributed by atoms with Crippen LogP contribution in [0, 0.1) is 0 Å². The molecule has 0 aromatic rings. The van der Waals surface area contributed by atoms with Gasteiger partial charge < -0.3 is 4.74 Å². The van der Waals surface area contributed by atoms with Gasteiger partial charge >= 0.3 is 0 Å². The van der Waals surface area contributed by atoms with Gasteiger partial charge in [0, 0.05) is 12.8 Å². The van der Waals surface area contributed by atoms with Crippen molar-refractivity contribution in [1.29, 1.82) is 0 Å². The van der Waals surface area contributed by atoms with E-state index in [0.29, 0.717) is 12.8 Å². The van der Waals surface area contributed by atoms with Crippen LogP contribution in [0.3, 0.4) is 0 Å². The van der Waals surface area contributed by atoms with Crippen LogP contribution in [0.4, 0.5) is 4.39 Å². The van der Waals surface area contributed by atoms with Gasteiger partial charge in [-0.25, -0.2) is 4.39 Å². The first kappa shape index (κ1) is 10.2. The van der Waals surface area contributed by atoms with Crippen molar-refractivity contribution in [3.05, 3.63) is 23.7 Å². The zero-order valence-corrected chi connectivity index (χ0v) is 7.36. The van der Waals surface area contributed by atoms with E-state index in [1.54, 1.807) is 13.2 Å². The minimum atomic E-state index is -0.0594. The molecule has 0 radical (unpaired) electrons. The Bertz CT molecular complexity index is 159. The van der Waals surface area contributed by atoms with Crippen LogP contribution in [-0.4, -0.2) is 7.11 Å². The van der Waals surface area contributed by atoms with E-state index >= 15 is 0 Å². The molecule has 0 saturated carbocycles. The van der Waals surface area contributed by atoms with Crippen molar-refractivity contribution in [2.24, 2.45) is 0 Å². The second-order valence-corrected chi connectivity index (χ2v) is 1.95. The van der Waals surface area contributed by atoms with Crippen LogP contribution in [0.5, 0.6) is 0 Å². The molecule has 0 N–H and O–H groups in total. The fourth-order valence-electron chi connectivity index (χ4n) is 0.763. The van der Waals surface area contributed by atoms with E-state index in [-0.39, 0.29) is 5.83 Å². The fraction of sp³-hybridized carbons (Fsp3) is 0.556. The molecule has 0 spiro atoms. The number of methoxy groups -OCH3 is 1. The molecule has 64 valence electrons. The minimum Gasteiger partial charge on any atom is -0.501 e. The zero-order valence-electron chi connectivity index (χ0n) is 7.36. The van der Waals surface area contributed by atoms with Crippen molar-refractivity contribution < 1.29 is 9.13 Å². The molecular formula is C9H15FO. The third-order valence-corrected chi connectivity index (χ3v) is 1.32. The first-order valence-corrected chi connectivity index (χ1v) is 3.92. The van der Waals surface area contributed by atoms with Gasteiger partial charge in [-0.3, -0.25) is 0 Å². The first-order valence-electron chi connectivity index (χ1n) is 3.92. The van der Waals surface area contributed by atoms with Gasteiger partial charge in [0.15, 0.2) is 0 Å². The minimum absolute atomic E-state index is 0.0594. The summed E-state index contributed by atoms with van der Waals surface area (Å²) in [4.78, 5) is 0. The van der Waals surface area contributed by atoms with Crippen molar-refractivity contribution in [2.45, 2.75) is 26.7 Å². The number of allylic oxidation sites excluding steroid dienone is 4. The molecule has 1 aliphatic carbocycles. The zero-order chi connectivity index (χ0) is 8.69. The van der Waals surface area contributed by atoms with Gasteiger partial charge in [-0.15, -0.1) is 0 Å². The Morgan fingerprint density at radius 3 is 2.27 bits per heavy atom. The summed E-state index contributed by atoms with van der Waals surface area (Å²) in [5, 5.41) is 0. The van der Waals surface area contributed by atoms with E-state index < -0.39 is 0 Å². The molecule has 1 nitrogen and oxygen atoms in total. The number of ether oxygens (including phenoxy) is 1. The average molecular weight is 158 g/mol. The summed E-state index contributed by atoms with van der Waals surface area (Å²) in [7, 11) is 1.60. The van der Waals surface area contributed by atoms with Gasteiger partial charge in [0.2, 0.25) is 0 Å². The Labute approximate surface area is 67.6 Å². The number of hydrogen-bond acceptors (Lipinski definition) is 1. The molecular weight excluding hydrogens is 143 g/mol. The third kappa shape index (κ3) is 3.81. The Hall–Kier alpha value is -0.790. The van der Waals surface area contributed by atoms with Crippen LogP contribution in [0.25, 0.3) is 0 Å². The Kier molecular flexibility index (Phi) is 5.53. The highest BCUT2D eigenvalue weighted by atomic mass is 19.1. The number of hydrogen-bond donors (Lipinski definition) is 0. The van der Waals surface area contributed by atoms with E-state index in [2.05, 4.69) is 0 Å². The van der Waals surface area contributed by atoms with Gasteiger partial charge in [0.05, 0.1) is 12.9 Å². The van der Waals surface area contributed by atoms with Crippen molar-refractivity contribution in [1.82, 2.24) is 0 Å². The molecule has 0 aliphatic heterocycles. The summed E-state index contributed by atoms with van der Waals surface area (Å²) in [6.45, 7) is 4.00. The van der Waals surface area contributed by atoms with Crippen LogP contribution in [0.2, 0.25) is 0 Å². The first-order chi connectivity index (χ1) is 5.33. The third-order valence-electron chi connectivity index (χ3n) is 1.32. The highest BCUT2D eigenvalue weighted by Crippen LogP contribution is 2.18. The van der Waals surface area contributed by atoms with Crippen LogP contribution >= 0.6 is 0 Å². The maximum Gasteiger partial charge on any atom is 0.100 e. The van der Waals surface area contributed by atoms with E-state index in [4.69, 9.17) is 4.74 Å². The van der Waals surface area contributed by atoms with E-state index in [1.807, 2.05) is 13.8 Å². The van der Waals surface area contributed by atoms with Crippen LogP contribution in [0.1, 0.15) is 26.7 Å². The molecule has 0 unspecified atom stereocenters. The molecule has 0 aromatic carbocycles. The van der Waals surface area contributed by atoms with Crippen molar-refractivity contribution >= 4 is 0 Å². The Morgan fingerprint density at radius 1 is 1.27 bits per heavy atom. The number of rotatable bonds is 1. The summed E-state index contributed by atoms with van der Waals surface area (Å²) in [6, 6.07) is 0. The average Bonchev–Trinajstić information content (AvgIpc) is 2.10. The van der Waals surface area contributed by atoms with E-state index in [9.17, 15) is 4.39 Å². The Balaban J connectivity index is 0.000000461. The maximum absolute atomic E-state index is 12.3. The summed E-state index contributed by atoms with van der Waals surface area (Å²) >= 11 is 0. The molecule has 0 bridgehead atoms. The highest BCUT2D eigenvalue weighted by molar-refractivity contribution is 5.16. The lowest BCUT2D eigenvalue weighted by atomic mass is 10.1. The quantitative estimate of drug-likeness (QED) is 0.569. The molecule has 0 atom stereocenters. The molecule has 0 aromatic heterocycles. The van der Waals surface area contributed by atoms with Gasteiger partial charge in [0.1, 0.15) is 5.83 Å². The molecule has 0 saturated heterocycles. The molecule has 1 rings (SSSR count). The van der Waals surface area contributed by atoms with Crippen LogP contribution < -0.4 is 0 Å².